The van der Waals surface area contributed by atoms with Crippen molar-refractivity contribution in [2.24, 2.45) is 0 Å². The fraction of sp³-hybridized carbons (Fsp3) is 0.185. The topological polar surface area (TPSA) is 99.3 Å². The molecule has 0 bridgehead atoms. The number of hydrazine groups is 1. The van der Waals surface area contributed by atoms with Crippen LogP contribution in [0, 0.1) is 13.8 Å². The zero-order valence-corrected chi connectivity index (χ0v) is 20.4. The molecular weight excluding hydrogens is 460 g/mol. The molecule has 0 fully saturated rings. The second kappa shape index (κ2) is 12.4. The lowest BCUT2D eigenvalue weighted by atomic mass is 9.90. The Kier molecular flexibility index (Phi) is 9.09. The first-order chi connectivity index (χ1) is 16.8. The minimum Gasteiger partial charge on any atom is -0.326 e. The predicted octanol–water partition coefficient (Wildman–Crippen LogP) is 3.88. The van der Waals surface area contributed by atoms with Gasteiger partial charge in [0.25, 0.3) is 0 Å². The summed E-state index contributed by atoms with van der Waals surface area (Å²) < 4.78 is 0. The fourth-order valence-electron chi connectivity index (χ4n) is 3.58. The molecule has 0 radical (unpaired) electrons. The number of aryl methyl sites for hydroxylation is 2. The van der Waals surface area contributed by atoms with Crippen LogP contribution in [0.25, 0.3) is 0 Å². The molecule has 35 heavy (non-hydrogen) atoms. The van der Waals surface area contributed by atoms with Gasteiger partial charge in [0.05, 0.1) is 5.92 Å². The van der Waals surface area contributed by atoms with E-state index in [0.717, 1.165) is 27.9 Å². The zero-order valence-electron chi connectivity index (χ0n) is 19.6. The lowest BCUT2D eigenvalue weighted by Gasteiger charge is -2.18. The molecule has 0 spiro atoms. The van der Waals surface area contributed by atoms with Crippen molar-refractivity contribution in [2.45, 2.75) is 32.6 Å². The van der Waals surface area contributed by atoms with Gasteiger partial charge in [0, 0.05) is 18.5 Å². The number of carbonyl (C=O) groups excluding carboxylic acids is 3. The van der Waals surface area contributed by atoms with Crippen LogP contribution in [0.4, 0.5) is 5.69 Å². The van der Waals surface area contributed by atoms with E-state index in [4.69, 9.17) is 12.2 Å². The quantitative estimate of drug-likeness (QED) is 0.299. The molecule has 3 amide bonds. The molecule has 0 aromatic heterocycles. The summed E-state index contributed by atoms with van der Waals surface area (Å²) in [4.78, 5) is 37.4. The van der Waals surface area contributed by atoms with E-state index in [2.05, 4.69) is 21.5 Å². The monoisotopic (exact) mass is 488 g/mol. The van der Waals surface area contributed by atoms with Gasteiger partial charge in [-0.05, 0) is 48.8 Å². The third-order valence-corrected chi connectivity index (χ3v) is 5.52. The Bertz CT molecular complexity index is 1160. The SMILES string of the molecule is Cc1ccc(NC(=O)CCC(=O)NNC(=S)NC(=O)C(c2ccccc2)c2ccccc2)c(C)c1. The molecule has 0 atom stereocenters. The Morgan fingerprint density at radius 2 is 1.34 bits per heavy atom. The molecule has 4 N–H and O–H groups in total. The molecule has 0 aliphatic carbocycles. The van der Waals surface area contributed by atoms with Crippen LogP contribution in [0.3, 0.4) is 0 Å². The average Bonchev–Trinajstić information content (AvgIpc) is 2.84. The Balaban J connectivity index is 1.48. The van der Waals surface area contributed by atoms with Crippen molar-refractivity contribution in [3.8, 4) is 0 Å². The minimum atomic E-state index is -0.568. The zero-order chi connectivity index (χ0) is 25.2. The number of thiocarbonyl (C=S) groups is 1. The molecule has 0 unspecified atom stereocenters. The normalized spacial score (nSPS) is 10.4. The van der Waals surface area contributed by atoms with Crippen LogP contribution >= 0.6 is 12.2 Å². The van der Waals surface area contributed by atoms with Crippen LogP contribution in [0.2, 0.25) is 0 Å². The molecule has 0 aliphatic heterocycles. The number of benzene rings is 3. The van der Waals surface area contributed by atoms with Crippen molar-refractivity contribution in [1.82, 2.24) is 16.2 Å². The van der Waals surface area contributed by atoms with Crippen molar-refractivity contribution < 1.29 is 14.4 Å². The summed E-state index contributed by atoms with van der Waals surface area (Å²) in [5.74, 6) is -1.60. The largest absolute Gasteiger partial charge is 0.326 e. The van der Waals surface area contributed by atoms with Crippen molar-refractivity contribution in [2.75, 3.05) is 5.32 Å². The summed E-state index contributed by atoms with van der Waals surface area (Å²) in [6.07, 6.45) is -0.0407. The summed E-state index contributed by atoms with van der Waals surface area (Å²) in [6.45, 7) is 3.89. The lowest BCUT2D eigenvalue weighted by molar-refractivity contribution is -0.124. The highest BCUT2D eigenvalue weighted by Crippen LogP contribution is 2.24. The second-order valence-corrected chi connectivity index (χ2v) is 8.52. The van der Waals surface area contributed by atoms with E-state index < -0.39 is 11.8 Å². The highest BCUT2D eigenvalue weighted by molar-refractivity contribution is 7.80. The molecule has 0 saturated carbocycles. The highest BCUT2D eigenvalue weighted by Gasteiger charge is 2.23. The first-order valence-electron chi connectivity index (χ1n) is 11.2. The molecule has 7 nitrogen and oxygen atoms in total. The smallest absolute Gasteiger partial charge is 0.238 e. The van der Waals surface area contributed by atoms with Gasteiger partial charge < -0.3 is 10.6 Å². The predicted molar refractivity (Wildman–Crippen MR) is 141 cm³/mol. The van der Waals surface area contributed by atoms with Crippen molar-refractivity contribution in [1.29, 1.82) is 0 Å². The van der Waals surface area contributed by atoms with Crippen LogP contribution in [0.1, 0.15) is 41.0 Å². The van der Waals surface area contributed by atoms with Crippen LogP contribution in [0.15, 0.2) is 78.9 Å². The standard InChI is InChI=1S/C27H28N4O3S/c1-18-13-14-22(19(2)17-18)28-23(32)15-16-24(33)30-31-27(35)29-26(34)25(20-9-5-3-6-10-20)21-11-7-4-8-12-21/h3-14,17,25H,15-16H2,1-2H3,(H,28,32)(H,30,33)(H2,29,31,34,35). The fourth-order valence-corrected chi connectivity index (χ4v) is 3.74. The van der Waals surface area contributed by atoms with Crippen molar-refractivity contribution in [3.05, 3.63) is 101 Å². The molecule has 3 rings (SSSR count). The van der Waals surface area contributed by atoms with Gasteiger partial charge in [-0.1, -0.05) is 78.4 Å². The summed E-state index contributed by atoms with van der Waals surface area (Å²) >= 11 is 5.18. The van der Waals surface area contributed by atoms with Gasteiger partial charge in [-0.25, -0.2) is 0 Å². The summed E-state index contributed by atoms with van der Waals surface area (Å²) in [7, 11) is 0. The van der Waals surface area contributed by atoms with Crippen LogP contribution < -0.4 is 21.5 Å². The molecule has 3 aromatic rings. The van der Waals surface area contributed by atoms with E-state index in [1.165, 1.54) is 0 Å². The van der Waals surface area contributed by atoms with Gasteiger partial charge in [0.15, 0.2) is 5.11 Å². The molecule has 8 heteroatoms. The molecular formula is C27H28N4O3S. The third-order valence-electron chi connectivity index (χ3n) is 5.32. The third kappa shape index (κ3) is 7.75. The number of hydrogen-bond donors (Lipinski definition) is 4. The van der Waals surface area contributed by atoms with Crippen molar-refractivity contribution >= 4 is 40.7 Å². The first-order valence-corrected chi connectivity index (χ1v) is 11.6. The van der Waals surface area contributed by atoms with Gasteiger partial charge in [-0.3, -0.25) is 25.2 Å². The first kappa shape index (κ1) is 25.6. The summed E-state index contributed by atoms with van der Waals surface area (Å²) in [5.41, 5.74) is 9.36. The maximum atomic E-state index is 13.0. The number of anilines is 1. The molecule has 0 heterocycles. The van der Waals surface area contributed by atoms with Crippen molar-refractivity contribution in [3.63, 3.8) is 0 Å². The number of amides is 3. The van der Waals surface area contributed by atoms with Crippen LogP contribution in [-0.4, -0.2) is 22.8 Å². The Hall–Kier alpha value is -4.04. The van der Waals surface area contributed by atoms with Gasteiger partial charge in [0.2, 0.25) is 17.7 Å². The Morgan fingerprint density at radius 3 is 1.91 bits per heavy atom. The summed E-state index contributed by atoms with van der Waals surface area (Å²) in [5, 5.41) is 5.39. The molecule has 180 valence electrons. The Labute approximate surface area is 210 Å². The second-order valence-electron chi connectivity index (χ2n) is 8.11. The van der Waals surface area contributed by atoms with Gasteiger partial charge in [-0.15, -0.1) is 0 Å². The molecule has 0 saturated heterocycles. The van der Waals surface area contributed by atoms with Gasteiger partial charge in [-0.2, -0.15) is 0 Å². The number of rotatable bonds is 7. The van der Waals surface area contributed by atoms with E-state index in [1.807, 2.05) is 92.7 Å². The molecule has 3 aromatic carbocycles. The maximum Gasteiger partial charge on any atom is 0.238 e. The van der Waals surface area contributed by atoms with Crippen LogP contribution in [0.5, 0.6) is 0 Å². The number of carbonyl (C=O) groups is 3. The number of hydrogen-bond acceptors (Lipinski definition) is 4. The van der Waals surface area contributed by atoms with E-state index in [1.54, 1.807) is 0 Å². The maximum absolute atomic E-state index is 13.0. The molecule has 0 aliphatic rings. The lowest BCUT2D eigenvalue weighted by Crippen LogP contribution is -2.49. The van der Waals surface area contributed by atoms with E-state index in [0.29, 0.717) is 0 Å². The van der Waals surface area contributed by atoms with E-state index in [9.17, 15) is 14.4 Å². The van der Waals surface area contributed by atoms with Gasteiger partial charge in [0.1, 0.15) is 0 Å². The average molecular weight is 489 g/mol. The van der Waals surface area contributed by atoms with Crippen LogP contribution in [-0.2, 0) is 14.4 Å². The highest BCUT2D eigenvalue weighted by atomic mass is 32.1. The van der Waals surface area contributed by atoms with E-state index >= 15 is 0 Å². The van der Waals surface area contributed by atoms with Gasteiger partial charge >= 0.3 is 0 Å². The number of nitrogens with one attached hydrogen (secondary N) is 4. The minimum absolute atomic E-state index is 0.00401. The summed E-state index contributed by atoms with van der Waals surface area (Å²) in [6, 6.07) is 24.4. The van der Waals surface area contributed by atoms with E-state index in [-0.39, 0.29) is 29.8 Å². The Morgan fingerprint density at radius 1 is 0.771 bits per heavy atom.